The van der Waals surface area contributed by atoms with Crippen LogP contribution in [0.4, 0.5) is 0 Å². The average Bonchev–Trinajstić information content (AvgIpc) is 2.92. The maximum Gasteiger partial charge on any atom is 0.0434 e. The molecule has 1 heterocycles. The fourth-order valence-electron chi connectivity index (χ4n) is 5.23. The Morgan fingerprint density at radius 1 is 0.614 bits per heavy atom. The van der Waals surface area contributed by atoms with Crippen molar-refractivity contribution in [1.82, 2.24) is 30.7 Å². The Morgan fingerprint density at radius 3 is 1.50 bits per heavy atom. The van der Waals surface area contributed by atoms with Gasteiger partial charge >= 0.3 is 0 Å². The minimum absolute atomic E-state index is 0. The molecule has 1 fully saturated rings. The highest BCUT2D eigenvalue weighted by atomic mass is 35.5. The summed E-state index contributed by atoms with van der Waals surface area (Å²) in [6.07, 6.45) is 4.36. The van der Waals surface area contributed by atoms with Gasteiger partial charge in [-0.1, -0.05) is 52.0 Å². The zero-order chi connectivity index (χ0) is 26.8. The van der Waals surface area contributed by atoms with E-state index in [1.165, 1.54) is 24.0 Å². The van der Waals surface area contributed by atoms with Crippen LogP contribution in [0.15, 0.2) is 24.3 Å². The molecule has 0 aromatic heterocycles. The molecule has 0 spiro atoms. The third kappa shape index (κ3) is 23.3. The number of benzene rings is 1. The average molecular weight is 773 g/mol. The van der Waals surface area contributed by atoms with Gasteiger partial charge in [-0.2, -0.15) is 0 Å². The summed E-state index contributed by atoms with van der Waals surface area (Å²) in [5.41, 5.74) is 9.59. The molecule has 0 bridgehead atoms. The highest BCUT2D eigenvalue weighted by Gasteiger charge is 2.28. The summed E-state index contributed by atoms with van der Waals surface area (Å²) < 4.78 is 0. The lowest BCUT2D eigenvalue weighted by molar-refractivity contribution is 0.219. The largest absolute Gasteiger partial charge is 0.321 e. The highest BCUT2D eigenvalue weighted by Crippen LogP contribution is 2.28. The second-order valence-corrected chi connectivity index (χ2v) is 10.6. The third-order valence-corrected chi connectivity index (χ3v) is 8.09. The van der Waals surface area contributed by atoms with Crippen LogP contribution in [0.3, 0.4) is 0 Å². The van der Waals surface area contributed by atoms with Gasteiger partial charge in [0.25, 0.3) is 0 Å². The number of rotatable bonds is 13. The molecule has 0 amide bonds. The van der Waals surface area contributed by atoms with Crippen LogP contribution in [0.5, 0.6) is 0 Å². The minimum atomic E-state index is -0.293. The van der Waals surface area contributed by atoms with E-state index in [4.69, 9.17) is 5.73 Å². The van der Waals surface area contributed by atoms with E-state index in [1.807, 2.05) is 0 Å². The Kier molecular flexibility index (Phi) is 45.9. The first-order valence-corrected chi connectivity index (χ1v) is 15.2. The predicted octanol–water partition coefficient (Wildman–Crippen LogP) is 5.62. The van der Waals surface area contributed by atoms with E-state index >= 15 is 0 Å². The lowest BCUT2D eigenvalue weighted by atomic mass is 9.83. The lowest BCUT2D eigenvalue weighted by Crippen LogP contribution is -2.43. The summed E-state index contributed by atoms with van der Waals surface area (Å²) in [5.74, 6) is 0. The second-order valence-electron chi connectivity index (χ2n) is 10.6. The molecule has 1 aliphatic rings. The van der Waals surface area contributed by atoms with Crippen molar-refractivity contribution in [2.45, 2.75) is 65.5 Å². The molecule has 44 heavy (non-hydrogen) atoms. The normalized spacial score (nSPS) is 15.0. The third-order valence-electron chi connectivity index (χ3n) is 8.09. The van der Waals surface area contributed by atoms with E-state index in [-0.39, 0.29) is 92.4 Å². The van der Waals surface area contributed by atoms with Gasteiger partial charge in [0, 0.05) is 51.4 Å². The van der Waals surface area contributed by atoms with Crippen LogP contribution in [0.2, 0.25) is 0 Å². The topological polar surface area (TPSA) is 71.8 Å². The number of halogens is 7. The van der Waals surface area contributed by atoms with Crippen LogP contribution in [0.25, 0.3) is 0 Å². The van der Waals surface area contributed by atoms with Crippen LogP contribution >= 0.6 is 86.8 Å². The van der Waals surface area contributed by atoms with Crippen molar-refractivity contribution in [3.8, 4) is 0 Å². The van der Waals surface area contributed by atoms with Crippen molar-refractivity contribution in [3.63, 3.8) is 0 Å². The Bertz CT molecular complexity index is 671. The number of nitrogens with one attached hydrogen (secondary N) is 3. The Morgan fingerprint density at radius 2 is 1.05 bits per heavy atom. The van der Waals surface area contributed by atoms with Crippen LogP contribution in [0.1, 0.15) is 64.5 Å². The molecule has 1 aromatic carbocycles. The number of hydrogen-bond donors (Lipinski definition) is 4. The number of hydrogen-bond acceptors (Lipinski definition) is 7. The summed E-state index contributed by atoms with van der Waals surface area (Å²) >= 11 is 0. The van der Waals surface area contributed by atoms with Crippen molar-refractivity contribution >= 4 is 86.8 Å². The van der Waals surface area contributed by atoms with Gasteiger partial charge in [0.2, 0.25) is 0 Å². The Balaban J connectivity index is -0.000000516. The molecular weight excluding hydrogens is 707 g/mol. The van der Waals surface area contributed by atoms with E-state index in [9.17, 15) is 0 Å². The van der Waals surface area contributed by atoms with Crippen molar-refractivity contribution < 1.29 is 0 Å². The van der Waals surface area contributed by atoms with Gasteiger partial charge in [-0.25, -0.2) is 0 Å². The molecule has 270 valence electrons. The highest BCUT2D eigenvalue weighted by molar-refractivity contribution is 5.86. The number of nitrogens with two attached hydrogens (primary N) is 1. The zero-order valence-electron chi connectivity index (χ0n) is 27.5. The summed E-state index contributed by atoms with van der Waals surface area (Å²) in [6, 6.07) is 9.29. The zero-order valence-corrected chi connectivity index (χ0v) is 33.2. The second kappa shape index (κ2) is 35.3. The lowest BCUT2D eigenvalue weighted by Gasteiger charge is -2.34. The summed E-state index contributed by atoms with van der Waals surface area (Å²) in [6.45, 7) is 25.0. The van der Waals surface area contributed by atoms with E-state index in [0.29, 0.717) is 0 Å². The van der Waals surface area contributed by atoms with Crippen LogP contribution in [-0.4, -0.2) is 106 Å². The van der Waals surface area contributed by atoms with Crippen LogP contribution in [0, 0.1) is 0 Å². The van der Waals surface area contributed by atoms with Crippen molar-refractivity contribution in [2.75, 3.05) is 91.6 Å². The van der Waals surface area contributed by atoms with Gasteiger partial charge in [-0.05, 0) is 89.2 Å². The van der Waals surface area contributed by atoms with E-state index in [2.05, 4.69) is 82.6 Å². The standard InChI is InChI=1S/C30H59N7.7ClH/c1-5-35(6-2)24-15-30(31,16-25-36(7-3)8-4)29-13-11-28(12-14-29)27-37-23-10-19-33-21-20-32-17-9-18-34-22-26-37;;;;;;;/h11-14,32-34H,5-10,15-27,31H2,1-4H3;7*1H. The van der Waals surface area contributed by atoms with Crippen LogP contribution < -0.4 is 21.7 Å². The first kappa shape index (κ1) is 57.2. The summed E-state index contributed by atoms with van der Waals surface area (Å²) in [7, 11) is 0. The Hall–Kier alpha value is 0.970. The van der Waals surface area contributed by atoms with E-state index in [0.717, 1.165) is 111 Å². The first-order valence-electron chi connectivity index (χ1n) is 15.2. The van der Waals surface area contributed by atoms with Gasteiger partial charge in [-0.15, -0.1) is 86.8 Å². The van der Waals surface area contributed by atoms with Gasteiger partial charge in [0.1, 0.15) is 0 Å². The fraction of sp³-hybridized carbons (Fsp3) is 0.800. The van der Waals surface area contributed by atoms with E-state index in [1.54, 1.807) is 0 Å². The molecule has 7 nitrogen and oxygen atoms in total. The van der Waals surface area contributed by atoms with Crippen molar-refractivity contribution in [1.29, 1.82) is 0 Å². The molecule has 0 unspecified atom stereocenters. The van der Waals surface area contributed by atoms with Gasteiger partial charge in [0.05, 0.1) is 0 Å². The van der Waals surface area contributed by atoms with Crippen molar-refractivity contribution in [2.24, 2.45) is 5.73 Å². The quantitative estimate of drug-likeness (QED) is 0.208. The smallest absolute Gasteiger partial charge is 0.0434 e. The van der Waals surface area contributed by atoms with Crippen LogP contribution in [-0.2, 0) is 12.1 Å². The monoisotopic (exact) mass is 769 g/mol. The molecule has 1 saturated heterocycles. The maximum atomic E-state index is 7.21. The Labute approximate surface area is 314 Å². The molecule has 5 N–H and O–H groups in total. The molecule has 0 saturated carbocycles. The van der Waals surface area contributed by atoms with Gasteiger partial charge in [-0.3, -0.25) is 4.90 Å². The molecule has 1 aliphatic heterocycles. The molecule has 0 radical (unpaired) electrons. The molecule has 0 aliphatic carbocycles. The molecular formula is C30H66Cl7N7. The van der Waals surface area contributed by atoms with Crippen molar-refractivity contribution in [3.05, 3.63) is 35.4 Å². The molecule has 1 aromatic rings. The van der Waals surface area contributed by atoms with E-state index < -0.39 is 0 Å². The summed E-state index contributed by atoms with van der Waals surface area (Å²) in [5, 5.41) is 10.7. The van der Waals surface area contributed by atoms with Gasteiger partial charge in [0.15, 0.2) is 0 Å². The maximum absolute atomic E-state index is 7.21. The predicted molar refractivity (Wildman–Crippen MR) is 211 cm³/mol. The minimum Gasteiger partial charge on any atom is -0.321 e. The fourth-order valence-corrected chi connectivity index (χ4v) is 5.23. The molecule has 2 rings (SSSR count). The summed E-state index contributed by atoms with van der Waals surface area (Å²) in [4.78, 5) is 7.59. The molecule has 0 atom stereocenters. The molecule has 14 heteroatoms. The number of nitrogens with zero attached hydrogens (tertiary/aromatic N) is 3. The van der Waals surface area contributed by atoms with Gasteiger partial charge < -0.3 is 31.5 Å². The SMILES string of the molecule is CCN(CC)CCC(N)(CCN(CC)CC)c1ccc(CN2CCCNCCNCCCNCC2)cc1.Cl.Cl.Cl.Cl.Cl.Cl.Cl. The first-order chi connectivity index (χ1) is 18.0.